The molecule has 6 heteroatoms. The van der Waals surface area contributed by atoms with E-state index in [1.54, 1.807) is 17.9 Å². The van der Waals surface area contributed by atoms with Gasteiger partial charge >= 0.3 is 0 Å². The van der Waals surface area contributed by atoms with Crippen LogP contribution < -0.4 is 10.1 Å². The van der Waals surface area contributed by atoms with Crippen LogP contribution in [0.1, 0.15) is 11.5 Å². The Kier molecular flexibility index (Phi) is 2.95. The molecule has 0 fully saturated rings. The lowest BCUT2D eigenvalue weighted by atomic mass is 10.4. The quantitative estimate of drug-likeness (QED) is 0.871. The third-order valence-corrected chi connectivity index (χ3v) is 2.30. The molecular weight excluding hydrogens is 218 g/mol. The van der Waals surface area contributed by atoms with Crippen molar-refractivity contribution >= 4 is 11.5 Å². The van der Waals surface area contributed by atoms with Crippen LogP contribution in [-0.4, -0.2) is 26.9 Å². The van der Waals surface area contributed by atoms with Gasteiger partial charge in [-0.25, -0.2) is 4.98 Å². The van der Waals surface area contributed by atoms with E-state index in [9.17, 15) is 0 Å². The van der Waals surface area contributed by atoms with Crippen molar-refractivity contribution in [2.24, 2.45) is 7.05 Å². The topological polar surface area (TPSA) is 64.9 Å². The minimum Gasteiger partial charge on any atom is -0.481 e. The molecule has 0 amide bonds. The summed E-state index contributed by atoms with van der Waals surface area (Å²) in [6.45, 7) is 3.76. The highest BCUT2D eigenvalue weighted by Gasteiger charge is 2.06. The van der Waals surface area contributed by atoms with Crippen LogP contribution in [0.3, 0.4) is 0 Å². The molecule has 0 saturated heterocycles. The zero-order chi connectivity index (χ0) is 12.4. The summed E-state index contributed by atoms with van der Waals surface area (Å²) in [5.41, 5.74) is 1.84. The fourth-order valence-electron chi connectivity index (χ4n) is 1.57. The number of aryl methyl sites for hydroxylation is 3. The molecule has 6 nitrogen and oxygen atoms in total. The van der Waals surface area contributed by atoms with Crippen LogP contribution in [0.4, 0.5) is 11.5 Å². The van der Waals surface area contributed by atoms with Crippen molar-refractivity contribution in [1.82, 2.24) is 19.7 Å². The Balaban J connectivity index is 2.29. The second-order valence-electron chi connectivity index (χ2n) is 3.77. The van der Waals surface area contributed by atoms with Crippen LogP contribution in [0.25, 0.3) is 0 Å². The lowest BCUT2D eigenvalue weighted by molar-refractivity contribution is 0.396. The molecule has 2 aromatic heterocycles. The lowest BCUT2D eigenvalue weighted by Crippen LogP contribution is -1.99. The van der Waals surface area contributed by atoms with Crippen LogP contribution in [-0.2, 0) is 7.05 Å². The molecule has 0 aliphatic rings. The number of nitrogens with one attached hydrogen (secondary N) is 1. The first-order chi connectivity index (χ1) is 8.08. The predicted molar refractivity (Wildman–Crippen MR) is 64.5 cm³/mol. The van der Waals surface area contributed by atoms with Crippen LogP contribution in [0.2, 0.25) is 0 Å². The zero-order valence-corrected chi connectivity index (χ0v) is 10.4. The Labute approximate surface area is 99.7 Å². The van der Waals surface area contributed by atoms with Gasteiger partial charge in [-0.15, -0.1) is 0 Å². The monoisotopic (exact) mass is 233 g/mol. The molecule has 0 radical (unpaired) electrons. The summed E-state index contributed by atoms with van der Waals surface area (Å²) in [6, 6.07) is 1.75. The maximum Gasteiger partial charge on any atom is 0.218 e. The molecule has 2 rings (SSSR count). The summed E-state index contributed by atoms with van der Waals surface area (Å²) >= 11 is 0. The normalized spacial score (nSPS) is 10.4. The molecule has 2 heterocycles. The summed E-state index contributed by atoms with van der Waals surface area (Å²) in [7, 11) is 3.46. The van der Waals surface area contributed by atoms with Crippen LogP contribution in [0.5, 0.6) is 5.88 Å². The summed E-state index contributed by atoms with van der Waals surface area (Å²) in [5, 5.41) is 7.45. The molecule has 1 N–H and O–H groups in total. The fraction of sp³-hybridized carbons (Fsp3) is 0.364. The van der Waals surface area contributed by atoms with E-state index in [2.05, 4.69) is 20.4 Å². The minimum atomic E-state index is 0.543. The first-order valence-corrected chi connectivity index (χ1v) is 5.25. The van der Waals surface area contributed by atoms with Crippen molar-refractivity contribution < 1.29 is 4.74 Å². The molecule has 0 aliphatic carbocycles. The largest absolute Gasteiger partial charge is 0.481 e. The van der Waals surface area contributed by atoms with E-state index in [1.807, 2.05) is 27.1 Å². The Bertz CT molecular complexity index is 535. The summed E-state index contributed by atoms with van der Waals surface area (Å²) < 4.78 is 6.85. The van der Waals surface area contributed by atoms with Crippen molar-refractivity contribution in [3.05, 3.63) is 23.8 Å². The lowest BCUT2D eigenvalue weighted by Gasteiger charge is -2.06. The Morgan fingerprint density at radius 2 is 2.06 bits per heavy atom. The fourth-order valence-corrected chi connectivity index (χ4v) is 1.57. The van der Waals surface area contributed by atoms with Gasteiger partial charge in [0.1, 0.15) is 11.6 Å². The third kappa shape index (κ3) is 2.52. The smallest absolute Gasteiger partial charge is 0.218 e. The van der Waals surface area contributed by atoms with Crippen LogP contribution in [0, 0.1) is 13.8 Å². The summed E-state index contributed by atoms with van der Waals surface area (Å²) in [4.78, 5) is 8.42. The first kappa shape index (κ1) is 11.4. The van der Waals surface area contributed by atoms with E-state index in [1.165, 1.54) is 0 Å². The molecule has 0 spiro atoms. The highest BCUT2D eigenvalue weighted by Crippen LogP contribution is 2.20. The average Bonchev–Trinajstić information content (AvgIpc) is 2.56. The van der Waals surface area contributed by atoms with Gasteiger partial charge < -0.3 is 10.1 Å². The molecule has 0 aromatic carbocycles. The van der Waals surface area contributed by atoms with E-state index in [4.69, 9.17) is 4.74 Å². The van der Waals surface area contributed by atoms with E-state index in [0.29, 0.717) is 17.5 Å². The van der Waals surface area contributed by atoms with E-state index >= 15 is 0 Å². The SMILES string of the molecule is COc1cc(Nc2cn(C)nc2C)nc(C)n1. The number of hydrogen-bond acceptors (Lipinski definition) is 5. The highest BCUT2D eigenvalue weighted by molar-refractivity contribution is 5.58. The van der Waals surface area contributed by atoms with E-state index in [-0.39, 0.29) is 0 Å². The molecule has 0 aliphatic heterocycles. The number of ether oxygens (including phenoxy) is 1. The molecule has 2 aromatic rings. The first-order valence-electron chi connectivity index (χ1n) is 5.25. The van der Waals surface area contributed by atoms with Crippen molar-refractivity contribution in [1.29, 1.82) is 0 Å². The average molecular weight is 233 g/mol. The number of aromatic nitrogens is 4. The second kappa shape index (κ2) is 4.40. The molecule has 17 heavy (non-hydrogen) atoms. The van der Waals surface area contributed by atoms with Gasteiger partial charge in [-0.05, 0) is 13.8 Å². The van der Waals surface area contributed by atoms with Gasteiger partial charge in [-0.3, -0.25) is 4.68 Å². The number of hydrogen-bond donors (Lipinski definition) is 1. The second-order valence-corrected chi connectivity index (χ2v) is 3.77. The number of rotatable bonds is 3. The third-order valence-electron chi connectivity index (χ3n) is 2.30. The minimum absolute atomic E-state index is 0.543. The van der Waals surface area contributed by atoms with E-state index in [0.717, 1.165) is 11.4 Å². The van der Waals surface area contributed by atoms with Gasteiger partial charge in [-0.1, -0.05) is 0 Å². The van der Waals surface area contributed by atoms with Gasteiger partial charge in [0.05, 0.1) is 18.5 Å². The molecule has 90 valence electrons. The Hall–Kier alpha value is -2.11. The standard InChI is InChI=1S/C11H15N5O/c1-7-9(6-16(3)15-7)14-10-5-11(17-4)13-8(2)12-10/h5-6H,1-4H3,(H,12,13,14). The van der Waals surface area contributed by atoms with Crippen molar-refractivity contribution in [3.8, 4) is 5.88 Å². The van der Waals surface area contributed by atoms with Crippen molar-refractivity contribution in [2.75, 3.05) is 12.4 Å². The number of methoxy groups -OCH3 is 1. The van der Waals surface area contributed by atoms with Crippen LogP contribution >= 0.6 is 0 Å². The van der Waals surface area contributed by atoms with E-state index < -0.39 is 0 Å². The summed E-state index contributed by atoms with van der Waals surface area (Å²) in [6.07, 6.45) is 1.90. The summed E-state index contributed by atoms with van der Waals surface area (Å²) in [5.74, 6) is 1.90. The highest BCUT2D eigenvalue weighted by atomic mass is 16.5. The number of nitrogens with zero attached hydrogens (tertiary/aromatic N) is 4. The maximum absolute atomic E-state index is 5.10. The van der Waals surface area contributed by atoms with Gasteiger partial charge in [-0.2, -0.15) is 10.1 Å². The van der Waals surface area contributed by atoms with Gasteiger partial charge in [0.15, 0.2) is 0 Å². The van der Waals surface area contributed by atoms with Crippen molar-refractivity contribution in [2.45, 2.75) is 13.8 Å². The maximum atomic E-state index is 5.10. The zero-order valence-electron chi connectivity index (χ0n) is 10.4. The Morgan fingerprint density at radius 1 is 1.29 bits per heavy atom. The van der Waals surface area contributed by atoms with Gasteiger partial charge in [0, 0.05) is 19.3 Å². The molecule has 0 bridgehead atoms. The molecule has 0 unspecified atom stereocenters. The van der Waals surface area contributed by atoms with Crippen LogP contribution in [0.15, 0.2) is 12.3 Å². The van der Waals surface area contributed by atoms with Gasteiger partial charge in [0.2, 0.25) is 5.88 Å². The number of anilines is 2. The predicted octanol–water partition coefficient (Wildman–Crippen LogP) is 1.58. The molecule has 0 atom stereocenters. The molecular formula is C11H15N5O. The van der Waals surface area contributed by atoms with Gasteiger partial charge in [0.25, 0.3) is 0 Å². The molecule has 0 saturated carbocycles. The Morgan fingerprint density at radius 3 is 2.65 bits per heavy atom. The van der Waals surface area contributed by atoms with Crippen molar-refractivity contribution in [3.63, 3.8) is 0 Å².